The van der Waals surface area contributed by atoms with E-state index >= 15 is 0 Å². The van der Waals surface area contributed by atoms with Crippen LogP contribution in [-0.2, 0) is 5.54 Å². The van der Waals surface area contributed by atoms with Crippen molar-refractivity contribution in [2.45, 2.75) is 38.6 Å². The van der Waals surface area contributed by atoms with Crippen LogP contribution in [0.4, 0.5) is 8.78 Å². The number of hydrogen-bond donors (Lipinski definition) is 1. The summed E-state index contributed by atoms with van der Waals surface area (Å²) in [4.78, 5) is 0. The van der Waals surface area contributed by atoms with Gasteiger partial charge in [-0.1, -0.05) is 13.8 Å². The molecule has 3 unspecified atom stereocenters. The summed E-state index contributed by atoms with van der Waals surface area (Å²) in [5, 5.41) is 0. The molecule has 0 saturated heterocycles. The maximum Gasteiger partial charge on any atom is 0.145 e. The number of nitrogens with two attached hydrogens (primary N) is 1. The molecule has 2 rings (SSSR count). The Morgan fingerprint density at radius 3 is 2.61 bits per heavy atom. The molecule has 0 spiro atoms. The lowest BCUT2D eigenvalue weighted by molar-refractivity contribution is 0.155. The van der Waals surface area contributed by atoms with Gasteiger partial charge in [-0.3, -0.25) is 0 Å². The summed E-state index contributed by atoms with van der Waals surface area (Å²) < 4.78 is 28.5. The van der Waals surface area contributed by atoms with E-state index in [1.165, 1.54) is 12.1 Å². The molecule has 1 nitrogen and oxygen atoms in total. The Morgan fingerprint density at radius 2 is 2.00 bits per heavy atom. The van der Waals surface area contributed by atoms with Gasteiger partial charge in [0.1, 0.15) is 11.6 Å². The van der Waals surface area contributed by atoms with Gasteiger partial charge in [0.25, 0.3) is 0 Å². The summed E-state index contributed by atoms with van der Waals surface area (Å²) in [6.07, 6.45) is 2.44. The number of hydrogen-bond acceptors (Lipinski definition) is 1. The third kappa shape index (κ3) is 2.21. The highest BCUT2D eigenvalue weighted by molar-refractivity contribution is 9.10. The molecule has 0 bridgehead atoms. The second-order valence-corrected chi connectivity index (χ2v) is 6.39. The van der Waals surface area contributed by atoms with Crippen LogP contribution < -0.4 is 5.73 Å². The van der Waals surface area contributed by atoms with Gasteiger partial charge in [-0.25, -0.2) is 8.78 Å². The molecule has 0 aromatic heterocycles. The molecule has 0 heterocycles. The number of halogens is 3. The van der Waals surface area contributed by atoms with Gasteiger partial charge >= 0.3 is 0 Å². The van der Waals surface area contributed by atoms with Crippen LogP contribution in [0.3, 0.4) is 0 Å². The van der Waals surface area contributed by atoms with Crippen molar-refractivity contribution in [1.82, 2.24) is 0 Å². The van der Waals surface area contributed by atoms with Crippen molar-refractivity contribution < 1.29 is 8.78 Å². The molecule has 1 fully saturated rings. The number of rotatable bonds is 1. The molecule has 0 aliphatic heterocycles. The van der Waals surface area contributed by atoms with Crippen molar-refractivity contribution in [3.63, 3.8) is 0 Å². The molecular formula is C14H18BrF2N. The Bertz CT molecular complexity index is 463. The van der Waals surface area contributed by atoms with Crippen LogP contribution in [0.25, 0.3) is 0 Å². The summed E-state index contributed by atoms with van der Waals surface area (Å²) in [5.74, 6) is -0.465. The molecule has 4 heteroatoms. The number of benzene rings is 1. The second kappa shape index (κ2) is 4.89. The molecular weight excluding hydrogens is 300 g/mol. The van der Waals surface area contributed by atoms with E-state index in [4.69, 9.17) is 5.73 Å². The van der Waals surface area contributed by atoms with Crippen molar-refractivity contribution in [2.75, 3.05) is 0 Å². The lowest BCUT2D eigenvalue weighted by Gasteiger charge is -2.42. The maximum atomic E-state index is 14.2. The first-order valence-corrected chi connectivity index (χ1v) is 7.08. The molecule has 0 amide bonds. The van der Waals surface area contributed by atoms with Crippen LogP contribution >= 0.6 is 15.9 Å². The highest BCUT2D eigenvalue weighted by Gasteiger charge is 2.42. The highest BCUT2D eigenvalue weighted by atomic mass is 79.9. The maximum absolute atomic E-state index is 14.2. The molecule has 2 N–H and O–H groups in total. The Hall–Kier alpha value is -0.480. The van der Waals surface area contributed by atoms with Crippen molar-refractivity contribution >= 4 is 15.9 Å². The topological polar surface area (TPSA) is 26.0 Å². The van der Waals surface area contributed by atoms with Crippen molar-refractivity contribution in [3.8, 4) is 0 Å². The Balaban J connectivity index is 2.50. The minimum Gasteiger partial charge on any atom is -0.321 e. The standard InChI is InChI=1S/C14H18BrF2N/c1-8-5-6-14(18,9(2)7-8)12-11(16)4-3-10(15)13(12)17/h3-4,8-9H,5-7,18H2,1-2H3. The third-order valence-corrected chi connectivity index (χ3v) is 4.81. The summed E-state index contributed by atoms with van der Waals surface area (Å²) in [5.41, 5.74) is 5.50. The van der Waals surface area contributed by atoms with Gasteiger partial charge in [0.05, 0.1) is 4.47 Å². The van der Waals surface area contributed by atoms with Crippen LogP contribution in [-0.4, -0.2) is 0 Å². The van der Waals surface area contributed by atoms with Gasteiger partial charge in [-0.15, -0.1) is 0 Å². The van der Waals surface area contributed by atoms with Gasteiger partial charge in [0, 0.05) is 11.1 Å². The van der Waals surface area contributed by atoms with Gasteiger partial charge in [0.15, 0.2) is 0 Å². The Labute approximate surface area is 115 Å². The molecule has 1 aliphatic rings. The molecule has 1 aromatic carbocycles. The highest BCUT2D eigenvalue weighted by Crippen LogP contribution is 2.44. The fourth-order valence-corrected chi connectivity index (χ4v) is 3.32. The molecule has 18 heavy (non-hydrogen) atoms. The minimum absolute atomic E-state index is 0.0382. The van der Waals surface area contributed by atoms with E-state index in [-0.39, 0.29) is 16.0 Å². The zero-order valence-corrected chi connectivity index (χ0v) is 12.2. The lowest BCUT2D eigenvalue weighted by atomic mass is 9.67. The predicted octanol–water partition coefficient (Wildman–Crippen LogP) is 4.34. The zero-order valence-electron chi connectivity index (χ0n) is 10.6. The smallest absolute Gasteiger partial charge is 0.145 e. The minimum atomic E-state index is -0.898. The van der Waals surface area contributed by atoms with Gasteiger partial charge in [0.2, 0.25) is 0 Å². The monoisotopic (exact) mass is 317 g/mol. The largest absolute Gasteiger partial charge is 0.321 e. The fourth-order valence-electron chi connectivity index (χ4n) is 2.99. The van der Waals surface area contributed by atoms with E-state index in [2.05, 4.69) is 22.9 Å². The van der Waals surface area contributed by atoms with Crippen LogP contribution in [0.5, 0.6) is 0 Å². The van der Waals surface area contributed by atoms with E-state index in [0.717, 1.165) is 12.8 Å². The Kier molecular flexibility index (Phi) is 3.79. The molecule has 1 aromatic rings. The van der Waals surface area contributed by atoms with E-state index in [1.54, 1.807) is 0 Å². The van der Waals surface area contributed by atoms with E-state index in [0.29, 0.717) is 12.3 Å². The molecule has 1 saturated carbocycles. The summed E-state index contributed by atoms with van der Waals surface area (Å²) >= 11 is 3.11. The van der Waals surface area contributed by atoms with E-state index in [1.807, 2.05) is 6.92 Å². The van der Waals surface area contributed by atoms with E-state index in [9.17, 15) is 8.78 Å². The van der Waals surface area contributed by atoms with Gasteiger partial charge in [-0.05, 0) is 59.2 Å². The quantitative estimate of drug-likeness (QED) is 0.766. The van der Waals surface area contributed by atoms with Crippen molar-refractivity contribution in [1.29, 1.82) is 0 Å². The van der Waals surface area contributed by atoms with Crippen LogP contribution in [0.1, 0.15) is 38.7 Å². The van der Waals surface area contributed by atoms with Crippen molar-refractivity contribution in [3.05, 3.63) is 33.8 Å². The normalized spacial score (nSPS) is 32.6. The van der Waals surface area contributed by atoms with Crippen molar-refractivity contribution in [2.24, 2.45) is 17.6 Å². The zero-order chi connectivity index (χ0) is 13.5. The summed E-state index contributed by atoms with van der Waals surface area (Å²) in [6, 6.07) is 2.66. The lowest BCUT2D eigenvalue weighted by Crippen LogP contribution is -2.48. The molecule has 0 radical (unpaired) electrons. The predicted molar refractivity (Wildman–Crippen MR) is 72.1 cm³/mol. The second-order valence-electron chi connectivity index (χ2n) is 5.54. The molecule has 3 atom stereocenters. The summed E-state index contributed by atoms with van der Waals surface area (Å²) in [6.45, 7) is 4.14. The van der Waals surface area contributed by atoms with Crippen LogP contribution in [0.2, 0.25) is 0 Å². The first kappa shape index (κ1) is 13.9. The Morgan fingerprint density at radius 1 is 1.33 bits per heavy atom. The third-order valence-electron chi connectivity index (χ3n) is 4.20. The van der Waals surface area contributed by atoms with Gasteiger partial charge < -0.3 is 5.73 Å². The summed E-state index contributed by atoms with van der Waals surface area (Å²) in [7, 11) is 0. The SMILES string of the molecule is CC1CCC(N)(c2c(F)ccc(Br)c2F)C(C)C1. The van der Waals surface area contributed by atoms with Crippen LogP contribution in [0.15, 0.2) is 16.6 Å². The first-order valence-electron chi connectivity index (χ1n) is 6.29. The average Bonchev–Trinajstić information content (AvgIpc) is 2.30. The fraction of sp³-hybridized carbons (Fsp3) is 0.571. The molecule has 1 aliphatic carbocycles. The average molecular weight is 318 g/mol. The first-order chi connectivity index (χ1) is 8.36. The van der Waals surface area contributed by atoms with E-state index < -0.39 is 17.2 Å². The molecule has 100 valence electrons. The van der Waals surface area contributed by atoms with Gasteiger partial charge in [-0.2, -0.15) is 0 Å². The van der Waals surface area contributed by atoms with Crippen LogP contribution in [0, 0.1) is 23.5 Å².